The summed E-state index contributed by atoms with van der Waals surface area (Å²) in [6, 6.07) is 11.3. The quantitative estimate of drug-likeness (QED) is 0.500. The topological polar surface area (TPSA) is 69.6 Å². The summed E-state index contributed by atoms with van der Waals surface area (Å²) in [6.45, 7) is -0.132. The Morgan fingerprint density at radius 1 is 1.19 bits per heavy atom. The van der Waals surface area contributed by atoms with Crippen LogP contribution in [0.15, 0.2) is 53.4 Å². The summed E-state index contributed by atoms with van der Waals surface area (Å²) in [6.07, 6.45) is -2.89. The lowest BCUT2D eigenvalue weighted by molar-refractivity contribution is -0.137. The Balaban J connectivity index is 1.78. The van der Waals surface area contributed by atoms with Crippen LogP contribution in [-0.4, -0.2) is 39.3 Å². The zero-order valence-corrected chi connectivity index (χ0v) is 17.6. The standard InChI is InChI=1S/C21H17F3N2O3S2/c22-21(23,24)16-6-2-4-14(10-16)12-26-19(29)17(31-20(26)30)11-13-3-1-5-15(9-13)18(28)25-7-8-27/h1-6,9-11,27H,7-8,12H2,(H,25,28)/b17-11-. The average molecular weight is 467 g/mol. The van der Waals surface area contributed by atoms with Crippen molar-refractivity contribution in [3.63, 3.8) is 0 Å². The molecule has 2 aromatic rings. The van der Waals surface area contributed by atoms with Gasteiger partial charge in [0.05, 0.1) is 23.6 Å². The van der Waals surface area contributed by atoms with E-state index in [1.165, 1.54) is 17.0 Å². The number of hydrogen-bond acceptors (Lipinski definition) is 5. The molecular formula is C21H17F3N2O3S2. The van der Waals surface area contributed by atoms with E-state index in [9.17, 15) is 22.8 Å². The van der Waals surface area contributed by atoms with E-state index in [0.29, 0.717) is 21.6 Å². The second kappa shape index (κ2) is 9.63. The number of carbonyl (C=O) groups is 2. The highest BCUT2D eigenvalue weighted by Crippen LogP contribution is 2.35. The van der Waals surface area contributed by atoms with Crippen molar-refractivity contribution in [2.45, 2.75) is 12.7 Å². The van der Waals surface area contributed by atoms with Crippen molar-refractivity contribution in [2.24, 2.45) is 0 Å². The van der Waals surface area contributed by atoms with E-state index in [1.54, 1.807) is 30.3 Å². The molecule has 0 unspecified atom stereocenters. The number of thioether (sulfide) groups is 1. The fraction of sp³-hybridized carbons (Fsp3) is 0.190. The number of aliphatic hydroxyl groups is 1. The molecule has 0 saturated carbocycles. The second-order valence-electron chi connectivity index (χ2n) is 6.57. The minimum Gasteiger partial charge on any atom is -0.395 e. The third-order valence-corrected chi connectivity index (χ3v) is 5.69. The van der Waals surface area contributed by atoms with Crippen LogP contribution >= 0.6 is 24.0 Å². The Bertz CT molecular complexity index is 1050. The number of aliphatic hydroxyl groups excluding tert-OH is 1. The van der Waals surface area contributed by atoms with Crippen LogP contribution < -0.4 is 5.32 Å². The molecule has 2 amide bonds. The molecule has 1 aliphatic heterocycles. The molecule has 5 nitrogen and oxygen atoms in total. The van der Waals surface area contributed by atoms with Gasteiger partial charge < -0.3 is 10.4 Å². The smallest absolute Gasteiger partial charge is 0.395 e. The number of nitrogens with one attached hydrogen (secondary N) is 1. The predicted octanol–water partition coefficient (Wildman–Crippen LogP) is 3.83. The molecule has 0 atom stereocenters. The maximum atomic E-state index is 12.9. The van der Waals surface area contributed by atoms with Crippen molar-refractivity contribution in [3.05, 3.63) is 75.7 Å². The Labute approximate surface area is 185 Å². The van der Waals surface area contributed by atoms with Gasteiger partial charge in [-0.05, 0) is 41.5 Å². The first-order valence-electron chi connectivity index (χ1n) is 9.09. The van der Waals surface area contributed by atoms with Gasteiger partial charge in [0.2, 0.25) is 0 Å². The van der Waals surface area contributed by atoms with Gasteiger partial charge in [-0.25, -0.2) is 0 Å². The van der Waals surface area contributed by atoms with Crippen LogP contribution in [0.4, 0.5) is 13.2 Å². The van der Waals surface area contributed by atoms with E-state index in [1.807, 2.05) is 0 Å². The van der Waals surface area contributed by atoms with Gasteiger partial charge >= 0.3 is 6.18 Å². The van der Waals surface area contributed by atoms with Gasteiger partial charge in [-0.15, -0.1) is 0 Å². The van der Waals surface area contributed by atoms with Gasteiger partial charge in [-0.2, -0.15) is 13.2 Å². The van der Waals surface area contributed by atoms with Crippen LogP contribution in [0.2, 0.25) is 0 Å². The monoisotopic (exact) mass is 466 g/mol. The van der Waals surface area contributed by atoms with Gasteiger partial charge in [0, 0.05) is 12.1 Å². The Morgan fingerprint density at radius 3 is 2.65 bits per heavy atom. The highest BCUT2D eigenvalue weighted by Gasteiger charge is 2.33. The van der Waals surface area contributed by atoms with Gasteiger partial charge in [0.15, 0.2) is 0 Å². The number of alkyl halides is 3. The van der Waals surface area contributed by atoms with Crippen LogP contribution in [0, 0.1) is 0 Å². The molecule has 1 aliphatic rings. The van der Waals surface area contributed by atoms with Gasteiger partial charge in [-0.3, -0.25) is 14.5 Å². The summed E-state index contributed by atoms with van der Waals surface area (Å²) >= 11 is 6.30. The lowest BCUT2D eigenvalue weighted by Crippen LogP contribution is -2.27. The number of hydrogen-bond donors (Lipinski definition) is 2. The maximum absolute atomic E-state index is 12.9. The SMILES string of the molecule is O=C(NCCO)c1cccc(/C=C2\SC(=S)N(Cc3cccc(C(F)(F)F)c3)C2=O)c1. The minimum absolute atomic E-state index is 0.0739. The molecule has 0 radical (unpaired) electrons. The molecule has 2 N–H and O–H groups in total. The third-order valence-electron chi connectivity index (χ3n) is 4.31. The van der Waals surface area contributed by atoms with E-state index in [2.05, 4.69) is 5.32 Å². The van der Waals surface area contributed by atoms with Crippen LogP contribution in [0.5, 0.6) is 0 Å². The molecular weight excluding hydrogens is 449 g/mol. The van der Waals surface area contributed by atoms with Crippen LogP contribution in [-0.2, 0) is 17.5 Å². The molecule has 162 valence electrons. The molecule has 1 heterocycles. The first kappa shape index (κ1) is 23.0. The summed E-state index contributed by atoms with van der Waals surface area (Å²) in [5, 5.41) is 11.4. The Kier molecular flexibility index (Phi) is 7.14. The van der Waals surface area contributed by atoms with E-state index in [0.717, 1.165) is 23.9 Å². The number of rotatable bonds is 6. The van der Waals surface area contributed by atoms with E-state index < -0.39 is 17.6 Å². The molecule has 31 heavy (non-hydrogen) atoms. The van der Waals surface area contributed by atoms with Crippen LogP contribution in [0.1, 0.15) is 27.0 Å². The molecule has 0 aliphatic carbocycles. The molecule has 1 saturated heterocycles. The molecule has 0 bridgehead atoms. The van der Waals surface area contributed by atoms with Crippen LogP contribution in [0.3, 0.4) is 0 Å². The molecule has 10 heteroatoms. The van der Waals surface area contributed by atoms with Crippen molar-refractivity contribution in [3.8, 4) is 0 Å². The molecule has 3 rings (SSSR count). The summed E-state index contributed by atoms with van der Waals surface area (Å²) < 4.78 is 39.1. The Hall–Kier alpha value is -2.69. The van der Waals surface area contributed by atoms with Crippen molar-refractivity contribution in [2.75, 3.05) is 13.2 Å². The number of nitrogens with zero attached hydrogens (tertiary/aromatic N) is 1. The Morgan fingerprint density at radius 2 is 1.94 bits per heavy atom. The molecule has 1 fully saturated rings. The van der Waals surface area contributed by atoms with E-state index >= 15 is 0 Å². The summed E-state index contributed by atoms with van der Waals surface area (Å²) in [7, 11) is 0. The van der Waals surface area contributed by atoms with E-state index in [4.69, 9.17) is 17.3 Å². The first-order valence-corrected chi connectivity index (χ1v) is 10.3. The zero-order valence-electron chi connectivity index (χ0n) is 16.0. The zero-order chi connectivity index (χ0) is 22.6. The lowest BCUT2D eigenvalue weighted by Gasteiger charge is -2.15. The largest absolute Gasteiger partial charge is 0.416 e. The van der Waals surface area contributed by atoms with Crippen molar-refractivity contribution in [1.29, 1.82) is 0 Å². The number of thiocarbonyl (C=S) groups is 1. The normalized spacial score (nSPS) is 15.6. The van der Waals surface area contributed by atoms with E-state index in [-0.39, 0.29) is 29.9 Å². The third kappa shape index (κ3) is 5.72. The summed E-state index contributed by atoms with van der Waals surface area (Å²) in [4.78, 5) is 26.4. The number of carbonyl (C=O) groups excluding carboxylic acids is 2. The summed E-state index contributed by atoms with van der Waals surface area (Å²) in [5.74, 6) is -0.774. The second-order valence-corrected chi connectivity index (χ2v) is 8.25. The first-order chi connectivity index (χ1) is 14.7. The van der Waals surface area contributed by atoms with Gasteiger partial charge in [0.1, 0.15) is 4.32 Å². The summed E-state index contributed by atoms with van der Waals surface area (Å²) in [5.41, 5.74) is 0.482. The maximum Gasteiger partial charge on any atom is 0.416 e. The number of amides is 2. The fourth-order valence-electron chi connectivity index (χ4n) is 2.86. The fourth-order valence-corrected chi connectivity index (χ4v) is 4.11. The van der Waals surface area contributed by atoms with Gasteiger partial charge in [-0.1, -0.05) is 48.2 Å². The predicted molar refractivity (Wildman–Crippen MR) is 116 cm³/mol. The lowest BCUT2D eigenvalue weighted by atomic mass is 10.1. The molecule has 2 aromatic carbocycles. The molecule has 0 spiro atoms. The van der Waals surface area contributed by atoms with Crippen molar-refractivity contribution < 1.29 is 27.9 Å². The van der Waals surface area contributed by atoms with Crippen molar-refractivity contribution in [1.82, 2.24) is 10.2 Å². The number of benzene rings is 2. The molecule has 0 aromatic heterocycles. The highest BCUT2D eigenvalue weighted by atomic mass is 32.2. The minimum atomic E-state index is -4.47. The highest BCUT2D eigenvalue weighted by molar-refractivity contribution is 8.26. The average Bonchev–Trinajstić information content (AvgIpc) is 2.99. The number of halogens is 3. The van der Waals surface area contributed by atoms with Gasteiger partial charge in [0.25, 0.3) is 11.8 Å². The van der Waals surface area contributed by atoms with Crippen LogP contribution in [0.25, 0.3) is 6.08 Å². The van der Waals surface area contributed by atoms with Crippen molar-refractivity contribution >= 4 is 46.2 Å².